The highest BCUT2D eigenvalue weighted by atomic mass is 32.1. The molecule has 0 fully saturated rings. The molecule has 0 aliphatic carbocycles. The molecular weight excluding hydrogens is 641 g/mol. The van der Waals surface area contributed by atoms with Crippen molar-refractivity contribution in [2.45, 2.75) is 0 Å². The van der Waals surface area contributed by atoms with E-state index >= 15 is 0 Å². The molecule has 0 atom stereocenters. The molecular formula is C46H28N4S. The Balaban J connectivity index is 1.19. The fourth-order valence-electron chi connectivity index (χ4n) is 7.93. The van der Waals surface area contributed by atoms with Crippen LogP contribution in [-0.2, 0) is 0 Å². The molecule has 0 spiro atoms. The van der Waals surface area contributed by atoms with E-state index in [1.807, 2.05) is 18.2 Å². The van der Waals surface area contributed by atoms with E-state index in [4.69, 9.17) is 9.97 Å². The van der Waals surface area contributed by atoms with E-state index < -0.39 is 0 Å². The van der Waals surface area contributed by atoms with Crippen molar-refractivity contribution >= 4 is 75.3 Å². The number of thiophene rings is 1. The Bertz CT molecular complexity index is 3120. The topological polar surface area (TPSA) is 35.6 Å². The first kappa shape index (κ1) is 28.3. The summed E-state index contributed by atoms with van der Waals surface area (Å²) < 4.78 is 7.12. The van der Waals surface area contributed by atoms with Gasteiger partial charge in [0.1, 0.15) is 0 Å². The van der Waals surface area contributed by atoms with Crippen molar-refractivity contribution in [1.29, 1.82) is 0 Å². The number of rotatable bonds is 4. The lowest BCUT2D eigenvalue weighted by atomic mass is 10.1. The van der Waals surface area contributed by atoms with Gasteiger partial charge < -0.3 is 9.13 Å². The van der Waals surface area contributed by atoms with Crippen molar-refractivity contribution in [3.63, 3.8) is 0 Å². The summed E-state index contributed by atoms with van der Waals surface area (Å²) in [6, 6.07) is 60.5. The summed E-state index contributed by atoms with van der Waals surface area (Å²) in [6.45, 7) is 0. The quantitative estimate of drug-likeness (QED) is 0.187. The molecule has 4 heterocycles. The Morgan fingerprint density at radius 2 is 0.961 bits per heavy atom. The summed E-state index contributed by atoms with van der Waals surface area (Å²) in [5, 5.41) is 6.20. The van der Waals surface area contributed by atoms with Gasteiger partial charge in [0, 0.05) is 54.1 Å². The fraction of sp³-hybridized carbons (Fsp3) is 0. The van der Waals surface area contributed by atoms with Gasteiger partial charge in [-0.15, -0.1) is 11.3 Å². The summed E-state index contributed by atoms with van der Waals surface area (Å²) in [5.41, 5.74) is 11.2. The molecule has 4 aromatic heterocycles. The largest absolute Gasteiger partial charge is 0.309 e. The zero-order valence-electron chi connectivity index (χ0n) is 27.4. The average molecular weight is 669 g/mol. The third-order valence-corrected chi connectivity index (χ3v) is 11.3. The molecule has 0 unspecified atom stereocenters. The molecule has 11 aromatic rings. The second-order valence-corrected chi connectivity index (χ2v) is 14.0. The highest BCUT2D eigenvalue weighted by Crippen LogP contribution is 2.44. The Hall–Kier alpha value is -6.56. The lowest BCUT2D eigenvalue weighted by Gasteiger charge is -2.09. The molecule has 0 aliphatic heterocycles. The predicted octanol–water partition coefficient (Wildman–Crippen LogP) is 12.4. The van der Waals surface area contributed by atoms with Crippen LogP contribution in [0.5, 0.6) is 0 Å². The normalized spacial score (nSPS) is 11.9. The molecule has 51 heavy (non-hydrogen) atoms. The van der Waals surface area contributed by atoms with Gasteiger partial charge in [0.15, 0.2) is 5.82 Å². The highest BCUT2D eigenvalue weighted by molar-refractivity contribution is 7.26. The van der Waals surface area contributed by atoms with Gasteiger partial charge in [0.2, 0.25) is 0 Å². The van der Waals surface area contributed by atoms with Gasteiger partial charge in [-0.25, -0.2) is 9.97 Å². The lowest BCUT2D eigenvalue weighted by molar-refractivity contribution is 1.17. The van der Waals surface area contributed by atoms with Gasteiger partial charge in [-0.2, -0.15) is 0 Å². The van der Waals surface area contributed by atoms with Crippen LogP contribution in [0.4, 0.5) is 0 Å². The second kappa shape index (κ2) is 11.0. The number of aromatic nitrogens is 4. The molecule has 0 saturated carbocycles. The van der Waals surface area contributed by atoms with Crippen molar-refractivity contribution in [2.24, 2.45) is 0 Å². The average Bonchev–Trinajstić information content (AvgIpc) is 3.85. The maximum Gasteiger partial charge on any atom is 0.160 e. The fourth-order valence-corrected chi connectivity index (χ4v) is 9.12. The molecule has 4 nitrogen and oxygen atoms in total. The SMILES string of the molecule is c1ccc(-c2nc(-c3ccccc3)c3sc4cc(-n5c6ccccc6c6c7c8ccccc8n(-c8ccccc8)c7ccc65)ccc4c3n2)cc1. The summed E-state index contributed by atoms with van der Waals surface area (Å²) >= 11 is 1.77. The van der Waals surface area contributed by atoms with E-state index in [1.165, 1.54) is 48.3 Å². The van der Waals surface area contributed by atoms with E-state index in [0.717, 1.165) is 49.6 Å². The van der Waals surface area contributed by atoms with Crippen molar-refractivity contribution < 1.29 is 0 Å². The molecule has 0 N–H and O–H groups in total. The maximum absolute atomic E-state index is 5.19. The minimum absolute atomic E-state index is 0.742. The van der Waals surface area contributed by atoms with Gasteiger partial charge in [0.05, 0.1) is 38.0 Å². The third kappa shape index (κ3) is 4.19. The number of benzene rings is 7. The van der Waals surface area contributed by atoms with Crippen molar-refractivity contribution in [3.8, 4) is 34.0 Å². The van der Waals surface area contributed by atoms with Crippen LogP contribution in [0.1, 0.15) is 0 Å². The Labute approximate surface area is 297 Å². The van der Waals surface area contributed by atoms with Crippen molar-refractivity contribution in [1.82, 2.24) is 19.1 Å². The minimum Gasteiger partial charge on any atom is -0.309 e. The Morgan fingerprint density at radius 3 is 1.61 bits per heavy atom. The third-order valence-electron chi connectivity index (χ3n) is 10.1. The van der Waals surface area contributed by atoms with Crippen LogP contribution in [0.3, 0.4) is 0 Å². The molecule has 0 saturated heterocycles. The minimum atomic E-state index is 0.742. The van der Waals surface area contributed by atoms with Crippen molar-refractivity contribution in [2.75, 3.05) is 0 Å². The van der Waals surface area contributed by atoms with E-state index in [9.17, 15) is 0 Å². The van der Waals surface area contributed by atoms with Crippen LogP contribution in [0.2, 0.25) is 0 Å². The molecule has 238 valence electrons. The van der Waals surface area contributed by atoms with E-state index in [2.05, 4.69) is 161 Å². The summed E-state index contributed by atoms with van der Waals surface area (Å²) in [4.78, 5) is 10.4. The monoisotopic (exact) mass is 668 g/mol. The predicted molar refractivity (Wildman–Crippen MR) is 214 cm³/mol. The van der Waals surface area contributed by atoms with Crippen LogP contribution >= 0.6 is 11.3 Å². The molecule has 0 bridgehead atoms. The molecule has 7 aromatic carbocycles. The number of hydrogen-bond donors (Lipinski definition) is 0. The van der Waals surface area contributed by atoms with Gasteiger partial charge >= 0.3 is 0 Å². The highest BCUT2D eigenvalue weighted by Gasteiger charge is 2.22. The Kier molecular flexibility index (Phi) is 6.09. The lowest BCUT2D eigenvalue weighted by Crippen LogP contribution is -1.94. The maximum atomic E-state index is 5.19. The van der Waals surface area contributed by atoms with Gasteiger partial charge in [-0.05, 0) is 54.6 Å². The van der Waals surface area contributed by atoms with E-state index in [1.54, 1.807) is 11.3 Å². The van der Waals surface area contributed by atoms with Crippen molar-refractivity contribution in [3.05, 3.63) is 170 Å². The Morgan fingerprint density at radius 1 is 0.412 bits per heavy atom. The first-order chi connectivity index (χ1) is 25.3. The molecule has 5 heteroatoms. The van der Waals surface area contributed by atoms with Crippen LogP contribution < -0.4 is 0 Å². The summed E-state index contributed by atoms with van der Waals surface area (Å²) in [7, 11) is 0. The number of hydrogen-bond acceptors (Lipinski definition) is 3. The standard InChI is InChI=1S/C46H28N4S/c1-4-14-29(15-5-1)43-45-44(48-46(47-43)30-16-6-2-7-17-30)35-25-24-32(28-40(35)51-45)50-37-23-13-11-21-34(37)42-39(50)27-26-38-41(42)33-20-10-12-22-36(33)49(38)31-18-8-3-9-19-31/h1-28H. The first-order valence-corrected chi connectivity index (χ1v) is 18.0. The second-order valence-electron chi connectivity index (χ2n) is 13.0. The van der Waals surface area contributed by atoms with E-state index in [0.29, 0.717) is 0 Å². The number of para-hydroxylation sites is 3. The van der Waals surface area contributed by atoms with E-state index in [-0.39, 0.29) is 0 Å². The zero-order chi connectivity index (χ0) is 33.5. The van der Waals surface area contributed by atoms with Crippen LogP contribution in [0.15, 0.2) is 170 Å². The van der Waals surface area contributed by atoms with Crippen LogP contribution in [0.25, 0.3) is 97.9 Å². The smallest absolute Gasteiger partial charge is 0.160 e. The molecule has 11 rings (SSSR count). The summed E-state index contributed by atoms with van der Waals surface area (Å²) in [5.74, 6) is 0.742. The van der Waals surface area contributed by atoms with Gasteiger partial charge in [-0.1, -0.05) is 115 Å². The zero-order valence-corrected chi connectivity index (χ0v) is 28.2. The molecule has 0 amide bonds. The number of fused-ring (bicyclic) bond motifs is 10. The molecule has 0 radical (unpaired) electrons. The van der Waals surface area contributed by atoms with Crippen LogP contribution in [0, 0.1) is 0 Å². The first-order valence-electron chi connectivity index (χ1n) is 17.2. The van der Waals surface area contributed by atoms with Gasteiger partial charge in [0.25, 0.3) is 0 Å². The molecule has 0 aliphatic rings. The number of nitrogens with zero attached hydrogens (tertiary/aromatic N) is 4. The van der Waals surface area contributed by atoms with Gasteiger partial charge in [-0.3, -0.25) is 0 Å². The van der Waals surface area contributed by atoms with Crippen LogP contribution in [-0.4, -0.2) is 19.1 Å². The summed E-state index contributed by atoms with van der Waals surface area (Å²) in [6.07, 6.45) is 0.